The Morgan fingerprint density at radius 1 is 1.08 bits per heavy atom. The molecule has 1 saturated carbocycles. The van der Waals surface area contributed by atoms with E-state index in [9.17, 15) is 9.59 Å². The van der Waals surface area contributed by atoms with Gasteiger partial charge in [-0.3, -0.25) is 9.59 Å². The lowest BCUT2D eigenvalue weighted by Gasteiger charge is -2.10. The topological polar surface area (TPSA) is 64.6 Å². The van der Waals surface area contributed by atoms with Gasteiger partial charge in [-0.2, -0.15) is 0 Å². The molecule has 0 bridgehead atoms. The highest BCUT2D eigenvalue weighted by molar-refractivity contribution is 6.32. The second kappa shape index (κ2) is 8.72. The fraction of sp³-hybridized carbons (Fsp3) is 0.300. The summed E-state index contributed by atoms with van der Waals surface area (Å²) in [5.74, 6) is 0.0730. The molecule has 6 heteroatoms. The van der Waals surface area contributed by atoms with Crippen molar-refractivity contribution in [3.63, 3.8) is 0 Å². The van der Waals surface area contributed by atoms with Gasteiger partial charge in [0.25, 0.3) is 5.91 Å². The van der Waals surface area contributed by atoms with E-state index in [1.807, 2.05) is 36.4 Å². The largest absolute Gasteiger partial charge is 0.482 e. The van der Waals surface area contributed by atoms with Crippen LogP contribution >= 0.6 is 11.6 Å². The number of carbonyl (C=O) groups is 2. The number of benzene rings is 2. The third-order valence-corrected chi connectivity index (χ3v) is 4.30. The van der Waals surface area contributed by atoms with Crippen LogP contribution in [0.5, 0.6) is 5.75 Å². The molecule has 5 nitrogen and oxygen atoms in total. The molecular formula is C20H20ClNO4. The Morgan fingerprint density at radius 3 is 2.54 bits per heavy atom. The minimum absolute atomic E-state index is 0.157. The normalized spacial score (nSPS) is 13.1. The number of esters is 1. The van der Waals surface area contributed by atoms with Gasteiger partial charge >= 0.3 is 5.97 Å². The molecule has 1 amide bonds. The Hall–Kier alpha value is -2.53. The summed E-state index contributed by atoms with van der Waals surface area (Å²) in [7, 11) is 0. The van der Waals surface area contributed by atoms with Crippen molar-refractivity contribution in [2.45, 2.75) is 12.8 Å². The number of hydrogen-bond acceptors (Lipinski definition) is 4. The van der Waals surface area contributed by atoms with Gasteiger partial charge in [-0.15, -0.1) is 0 Å². The molecule has 0 saturated heterocycles. The second-order valence-electron chi connectivity index (χ2n) is 6.20. The van der Waals surface area contributed by atoms with E-state index in [1.54, 1.807) is 12.1 Å². The standard InChI is InChI=1S/C20H20ClNO4/c21-17-10-16(15-4-2-1-3-5-15)8-9-18(17)25-13-19(23)22-11-20(24)26-12-14-6-7-14/h1-5,8-10,14H,6-7,11-13H2,(H,22,23). The van der Waals surface area contributed by atoms with Crippen molar-refractivity contribution in [2.24, 2.45) is 5.92 Å². The van der Waals surface area contributed by atoms with Gasteiger partial charge in [-0.1, -0.05) is 48.0 Å². The number of ether oxygens (including phenoxy) is 2. The Balaban J connectivity index is 1.45. The van der Waals surface area contributed by atoms with Gasteiger partial charge in [0.15, 0.2) is 6.61 Å². The van der Waals surface area contributed by atoms with Crippen molar-refractivity contribution in [1.29, 1.82) is 0 Å². The van der Waals surface area contributed by atoms with Crippen LogP contribution in [0.15, 0.2) is 48.5 Å². The highest BCUT2D eigenvalue weighted by Crippen LogP contribution is 2.30. The van der Waals surface area contributed by atoms with E-state index in [2.05, 4.69) is 5.32 Å². The van der Waals surface area contributed by atoms with Gasteiger partial charge in [0.1, 0.15) is 12.3 Å². The summed E-state index contributed by atoms with van der Waals surface area (Å²) >= 11 is 6.24. The molecule has 0 radical (unpaired) electrons. The molecule has 26 heavy (non-hydrogen) atoms. The molecule has 1 fully saturated rings. The van der Waals surface area contributed by atoms with Crippen LogP contribution in [0.2, 0.25) is 5.02 Å². The lowest BCUT2D eigenvalue weighted by atomic mass is 10.1. The first kappa shape index (κ1) is 18.3. The van der Waals surface area contributed by atoms with E-state index in [-0.39, 0.29) is 13.2 Å². The summed E-state index contributed by atoms with van der Waals surface area (Å²) in [5, 5.41) is 2.89. The van der Waals surface area contributed by atoms with Crippen LogP contribution in [-0.2, 0) is 14.3 Å². The highest BCUT2D eigenvalue weighted by Gasteiger charge is 2.23. The lowest BCUT2D eigenvalue weighted by Crippen LogP contribution is -2.34. The summed E-state index contributed by atoms with van der Waals surface area (Å²) in [6.45, 7) is 0.0600. The van der Waals surface area contributed by atoms with Crippen LogP contribution < -0.4 is 10.1 Å². The number of carbonyl (C=O) groups excluding carboxylic acids is 2. The van der Waals surface area contributed by atoms with Gasteiger partial charge in [-0.25, -0.2) is 0 Å². The molecule has 3 rings (SSSR count). The number of amides is 1. The number of nitrogens with one attached hydrogen (secondary N) is 1. The third kappa shape index (κ3) is 5.49. The molecule has 0 aromatic heterocycles. The molecule has 2 aromatic rings. The predicted octanol–water partition coefficient (Wildman–Crippen LogP) is 3.46. The molecular weight excluding hydrogens is 354 g/mol. The first-order valence-corrected chi connectivity index (χ1v) is 8.89. The van der Waals surface area contributed by atoms with Crippen LogP contribution in [0.1, 0.15) is 12.8 Å². The second-order valence-corrected chi connectivity index (χ2v) is 6.61. The lowest BCUT2D eigenvalue weighted by molar-refractivity contribution is -0.144. The predicted molar refractivity (Wildman–Crippen MR) is 99.1 cm³/mol. The summed E-state index contributed by atoms with van der Waals surface area (Å²) in [5.41, 5.74) is 2.01. The number of hydrogen-bond donors (Lipinski definition) is 1. The molecule has 0 atom stereocenters. The Bertz CT molecular complexity index is 775. The van der Waals surface area contributed by atoms with Crippen LogP contribution in [0.25, 0.3) is 11.1 Å². The van der Waals surface area contributed by atoms with Crippen LogP contribution in [-0.4, -0.2) is 31.6 Å². The van der Waals surface area contributed by atoms with Crippen molar-refractivity contribution >= 4 is 23.5 Å². The number of rotatable bonds is 8. The minimum atomic E-state index is -0.435. The average Bonchev–Trinajstić information content (AvgIpc) is 3.49. The molecule has 0 unspecified atom stereocenters. The smallest absolute Gasteiger partial charge is 0.325 e. The zero-order valence-electron chi connectivity index (χ0n) is 14.2. The first-order valence-electron chi connectivity index (χ1n) is 8.52. The summed E-state index contributed by atoms with van der Waals surface area (Å²) in [6, 6.07) is 15.2. The Labute approximate surface area is 157 Å². The zero-order valence-corrected chi connectivity index (χ0v) is 15.0. The van der Waals surface area contributed by atoms with Gasteiger partial charge in [0.2, 0.25) is 0 Å². The van der Waals surface area contributed by atoms with E-state index in [4.69, 9.17) is 21.1 Å². The number of halogens is 1. The van der Waals surface area contributed by atoms with Crippen molar-refractivity contribution in [2.75, 3.05) is 19.8 Å². The van der Waals surface area contributed by atoms with Crippen molar-refractivity contribution in [1.82, 2.24) is 5.32 Å². The van der Waals surface area contributed by atoms with Gasteiger partial charge in [-0.05, 0) is 42.0 Å². The van der Waals surface area contributed by atoms with Gasteiger partial charge in [0, 0.05) is 0 Å². The van der Waals surface area contributed by atoms with Crippen molar-refractivity contribution in [3.8, 4) is 16.9 Å². The molecule has 2 aromatic carbocycles. The van der Waals surface area contributed by atoms with E-state index >= 15 is 0 Å². The minimum Gasteiger partial charge on any atom is -0.482 e. The monoisotopic (exact) mass is 373 g/mol. The van der Waals surface area contributed by atoms with Crippen molar-refractivity contribution in [3.05, 3.63) is 53.6 Å². The molecule has 1 N–H and O–H groups in total. The maximum Gasteiger partial charge on any atom is 0.325 e. The van der Waals surface area contributed by atoms with Crippen LogP contribution in [0.3, 0.4) is 0 Å². The Morgan fingerprint density at radius 2 is 1.85 bits per heavy atom. The van der Waals surface area contributed by atoms with E-state index in [0.29, 0.717) is 23.3 Å². The van der Waals surface area contributed by atoms with Crippen LogP contribution in [0, 0.1) is 5.92 Å². The first-order chi connectivity index (χ1) is 12.6. The average molecular weight is 374 g/mol. The van der Waals surface area contributed by atoms with Gasteiger partial charge in [0.05, 0.1) is 11.6 Å². The zero-order chi connectivity index (χ0) is 18.4. The molecule has 0 aliphatic heterocycles. The van der Waals surface area contributed by atoms with E-state index in [1.165, 1.54) is 0 Å². The summed E-state index contributed by atoms with van der Waals surface area (Å²) < 4.78 is 10.5. The fourth-order valence-corrected chi connectivity index (χ4v) is 2.57. The molecule has 0 heterocycles. The molecule has 136 valence electrons. The molecule has 1 aliphatic rings. The SMILES string of the molecule is O=C(COc1ccc(-c2ccccc2)cc1Cl)NCC(=O)OCC1CC1. The quantitative estimate of drug-likeness (QED) is 0.720. The van der Waals surface area contributed by atoms with Crippen LogP contribution in [0.4, 0.5) is 0 Å². The van der Waals surface area contributed by atoms with Gasteiger partial charge < -0.3 is 14.8 Å². The molecule has 0 spiro atoms. The van der Waals surface area contributed by atoms with Crippen molar-refractivity contribution < 1.29 is 19.1 Å². The Kier molecular flexibility index (Phi) is 6.12. The third-order valence-electron chi connectivity index (χ3n) is 4.00. The molecule has 1 aliphatic carbocycles. The fourth-order valence-electron chi connectivity index (χ4n) is 2.34. The maximum absolute atomic E-state index is 11.8. The van der Waals surface area contributed by atoms with E-state index in [0.717, 1.165) is 24.0 Å². The summed E-state index contributed by atoms with van der Waals surface area (Å²) in [6.07, 6.45) is 2.22. The summed E-state index contributed by atoms with van der Waals surface area (Å²) in [4.78, 5) is 23.3. The maximum atomic E-state index is 11.8. The van der Waals surface area contributed by atoms with E-state index < -0.39 is 11.9 Å². The highest BCUT2D eigenvalue weighted by atomic mass is 35.5.